The molecule has 0 aliphatic heterocycles. The molecule has 29 heavy (non-hydrogen) atoms. The van der Waals surface area contributed by atoms with E-state index in [4.69, 9.17) is 4.74 Å². The highest BCUT2D eigenvalue weighted by Crippen LogP contribution is 2.15. The summed E-state index contributed by atoms with van der Waals surface area (Å²) in [4.78, 5) is 13.8. The fourth-order valence-electron chi connectivity index (χ4n) is 2.83. The molecular formula is C21H30N3O4S+. The fraction of sp³-hybridized carbons (Fsp3) is 0.381. The van der Waals surface area contributed by atoms with Crippen LogP contribution in [-0.2, 0) is 21.4 Å². The average Bonchev–Trinajstić information content (AvgIpc) is 2.66. The third-order valence-electron chi connectivity index (χ3n) is 4.57. The van der Waals surface area contributed by atoms with Crippen molar-refractivity contribution in [3.8, 4) is 5.75 Å². The minimum absolute atomic E-state index is 0.138. The van der Waals surface area contributed by atoms with E-state index >= 15 is 0 Å². The molecule has 0 fully saturated rings. The van der Waals surface area contributed by atoms with Gasteiger partial charge in [0.25, 0.3) is 5.91 Å². The second kappa shape index (κ2) is 9.87. The molecule has 2 rings (SSSR count). The molecular weight excluding hydrogens is 390 g/mol. The van der Waals surface area contributed by atoms with E-state index in [9.17, 15) is 13.2 Å². The van der Waals surface area contributed by atoms with E-state index in [2.05, 4.69) is 10.0 Å². The maximum absolute atomic E-state index is 12.6. The molecule has 0 aliphatic carbocycles. The van der Waals surface area contributed by atoms with Gasteiger partial charge in [0.1, 0.15) is 12.3 Å². The minimum atomic E-state index is -3.55. The van der Waals surface area contributed by atoms with Crippen LogP contribution in [0.3, 0.4) is 0 Å². The van der Waals surface area contributed by atoms with E-state index in [1.54, 1.807) is 33.1 Å². The second-order valence-electron chi connectivity index (χ2n) is 7.39. The van der Waals surface area contributed by atoms with E-state index < -0.39 is 10.0 Å². The Balaban J connectivity index is 1.99. The zero-order valence-electron chi connectivity index (χ0n) is 17.5. The van der Waals surface area contributed by atoms with Crippen LogP contribution in [0.25, 0.3) is 0 Å². The molecule has 7 nitrogen and oxygen atoms in total. The van der Waals surface area contributed by atoms with E-state index in [0.29, 0.717) is 12.2 Å². The third kappa shape index (κ3) is 6.56. The van der Waals surface area contributed by atoms with Gasteiger partial charge in [-0.3, -0.25) is 4.79 Å². The molecule has 0 heterocycles. The second-order valence-corrected chi connectivity index (χ2v) is 9.10. The first-order valence-electron chi connectivity index (χ1n) is 9.51. The van der Waals surface area contributed by atoms with Gasteiger partial charge in [-0.15, -0.1) is 0 Å². The van der Waals surface area contributed by atoms with E-state index in [0.717, 1.165) is 16.2 Å². The van der Waals surface area contributed by atoms with Crippen LogP contribution in [0.2, 0.25) is 0 Å². The zero-order chi connectivity index (χ0) is 21.6. The summed E-state index contributed by atoms with van der Waals surface area (Å²) in [7, 11) is 0.0295. The number of ether oxygens (including phenoxy) is 1. The van der Waals surface area contributed by atoms with E-state index in [1.807, 2.05) is 38.2 Å². The van der Waals surface area contributed by atoms with Crippen molar-refractivity contribution in [1.29, 1.82) is 0 Å². The molecule has 0 saturated heterocycles. The summed E-state index contributed by atoms with van der Waals surface area (Å²) >= 11 is 0. The summed E-state index contributed by atoms with van der Waals surface area (Å²) in [5.41, 5.74) is 1.63. The molecule has 8 heteroatoms. The van der Waals surface area contributed by atoms with Crippen LogP contribution in [0.1, 0.15) is 26.3 Å². The Labute approximate surface area is 173 Å². The first kappa shape index (κ1) is 22.9. The molecule has 3 N–H and O–H groups in total. The number of quaternary nitrogens is 1. The molecule has 0 aliphatic rings. The van der Waals surface area contributed by atoms with Gasteiger partial charge in [0.2, 0.25) is 10.0 Å². The number of methoxy groups -OCH3 is 1. The fourth-order valence-corrected chi connectivity index (χ4v) is 4.08. The van der Waals surface area contributed by atoms with Gasteiger partial charge in [-0.1, -0.05) is 12.1 Å². The Morgan fingerprint density at radius 1 is 1.10 bits per heavy atom. The van der Waals surface area contributed by atoms with Crippen LogP contribution in [0.15, 0.2) is 53.4 Å². The molecule has 0 spiro atoms. The number of hydrogen-bond acceptors (Lipinski definition) is 4. The van der Waals surface area contributed by atoms with Gasteiger partial charge in [-0.25, -0.2) is 13.1 Å². The molecule has 1 unspecified atom stereocenters. The molecule has 2 aromatic rings. The number of nitrogens with one attached hydrogen (secondary N) is 3. The lowest BCUT2D eigenvalue weighted by molar-refractivity contribution is -0.907. The van der Waals surface area contributed by atoms with Crippen molar-refractivity contribution >= 4 is 21.6 Å². The van der Waals surface area contributed by atoms with Crippen molar-refractivity contribution in [3.05, 3.63) is 54.1 Å². The first-order chi connectivity index (χ1) is 13.6. The number of likely N-dealkylation sites (N-methyl/N-ethyl adjacent to an activating group) is 1. The van der Waals surface area contributed by atoms with Crippen molar-refractivity contribution in [2.75, 3.05) is 19.5 Å². The lowest BCUT2D eigenvalue weighted by Gasteiger charge is -2.21. The molecule has 0 aromatic heterocycles. The first-order valence-corrected chi connectivity index (χ1v) is 11.0. The molecule has 2 aromatic carbocycles. The van der Waals surface area contributed by atoms with E-state index in [1.165, 1.54) is 12.1 Å². The number of carbonyl (C=O) groups excluding carboxylic acids is 1. The Morgan fingerprint density at radius 3 is 2.34 bits per heavy atom. The van der Waals surface area contributed by atoms with Gasteiger partial charge in [0, 0.05) is 17.3 Å². The van der Waals surface area contributed by atoms with Crippen LogP contribution in [0, 0.1) is 0 Å². The lowest BCUT2D eigenvalue weighted by atomic mass is 10.1. The standard InChI is InChI=1S/C21H29N3O4S/c1-15(2)23-29(26,27)20-11-9-18(10-12-20)22-21(25)16(3)24(4)14-17-7-6-8-19(13-17)28-5/h6-13,15-16,23H,14H2,1-5H3,(H,22,25)/p+1/t16-/m0/s1. The van der Waals surface area contributed by atoms with Crippen molar-refractivity contribution < 1.29 is 22.8 Å². The van der Waals surface area contributed by atoms with Gasteiger partial charge in [-0.2, -0.15) is 0 Å². The Bertz CT molecular complexity index is 927. The van der Waals surface area contributed by atoms with Crippen molar-refractivity contribution in [2.24, 2.45) is 0 Å². The quantitative estimate of drug-likeness (QED) is 0.573. The summed E-state index contributed by atoms with van der Waals surface area (Å²) in [5.74, 6) is 0.649. The smallest absolute Gasteiger partial charge is 0.282 e. The molecule has 1 amide bonds. The van der Waals surface area contributed by atoms with Gasteiger partial charge < -0.3 is 15.0 Å². The van der Waals surface area contributed by atoms with Crippen molar-refractivity contribution in [3.63, 3.8) is 0 Å². The normalized spacial score (nSPS) is 13.7. The van der Waals surface area contributed by atoms with Crippen LogP contribution >= 0.6 is 0 Å². The maximum atomic E-state index is 12.6. The summed E-state index contributed by atoms with van der Waals surface area (Å²) < 4.78 is 32.1. The Morgan fingerprint density at radius 2 is 1.76 bits per heavy atom. The highest BCUT2D eigenvalue weighted by molar-refractivity contribution is 7.89. The number of amides is 1. The molecule has 158 valence electrons. The predicted molar refractivity (Wildman–Crippen MR) is 114 cm³/mol. The Hall–Kier alpha value is -2.42. The summed E-state index contributed by atoms with van der Waals surface area (Å²) in [6, 6.07) is 13.4. The number of anilines is 1. The summed E-state index contributed by atoms with van der Waals surface area (Å²) in [5, 5.41) is 2.85. The van der Waals surface area contributed by atoms with Crippen LogP contribution in [-0.4, -0.2) is 40.6 Å². The topological polar surface area (TPSA) is 88.9 Å². The molecule has 0 radical (unpaired) electrons. The molecule has 2 atom stereocenters. The SMILES string of the molecule is COc1cccc(C[NH+](C)[C@@H](C)C(=O)Nc2ccc(S(=O)(=O)NC(C)C)cc2)c1. The van der Waals surface area contributed by atoms with Gasteiger partial charge in [-0.05, 0) is 57.2 Å². The van der Waals surface area contributed by atoms with Crippen LogP contribution in [0.5, 0.6) is 5.75 Å². The largest absolute Gasteiger partial charge is 0.497 e. The van der Waals surface area contributed by atoms with Gasteiger partial charge in [0.15, 0.2) is 6.04 Å². The number of sulfonamides is 1. The lowest BCUT2D eigenvalue weighted by Crippen LogP contribution is -3.12. The van der Waals surface area contributed by atoms with Crippen LogP contribution in [0.4, 0.5) is 5.69 Å². The van der Waals surface area contributed by atoms with Crippen molar-refractivity contribution in [2.45, 2.75) is 44.3 Å². The number of rotatable bonds is 9. The molecule has 0 bridgehead atoms. The van der Waals surface area contributed by atoms with Crippen LogP contribution < -0.4 is 19.7 Å². The highest BCUT2D eigenvalue weighted by atomic mass is 32.2. The van der Waals surface area contributed by atoms with Gasteiger partial charge >= 0.3 is 0 Å². The monoisotopic (exact) mass is 420 g/mol. The number of benzene rings is 2. The minimum Gasteiger partial charge on any atom is -0.497 e. The third-order valence-corrected chi connectivity index (χ3v) is 6.25. The highest BCUT2D eigenvalue weighted by Gasteiger charge is 2.22. The summed E-state index contributed by atoms with van der Waals surface area (Å²) in [6.45, 7) is 6.05. The average molecular weight is 421 g/mol. The molecule has 0 saturated carbocycles. The maximum Gasteiger partial charge on any atom is 0.282 e. The number of hydrogen-bond donors (Lipinski definition) is 3. The zero-order valence-corrected chi connectivity index (χ0v) is 18.3. The van der Waals surface area contributed by atoms with Crippen molar-refractivity contribution in [1.82, 2.24) is 4.72 Å². The predicted octanol–water partition coefficient (Wildman–Crippen LogP) is 1.42. The Kier molecular flexibility index (Phi) is 7.78. The summed E-state index contributed by atoms with van der Waals surface area (Å²) in [6.07, 6.45) is 0. The number of carbonyl (C=O) groups is 1. The van der Waals surface area contributed by atoms with Gasteiger partial charge in [0.05, 0.1) is 19.1 Å². The van der Waals surface area contributed by atoms with E-state index in [-0.39, 0.29) is 22.9 Å².